The van der Waals surface area contributed by atoms with Crippen LogP contribution in [0.4, 0.5) is 4.79 Å². The van der Waals surface area contributed by atoms with Gasteiger partial charge in [-0.25, -0.2) is 4.79 Å². The van der Waals surface area contributed by atoms with Gasteiger partial charge in [-0.15, -0.1) is 10.2 Å². The van der Waals surface area contributed by atoms with Crippen LogP contribution in [0.3, 0.4) is 0 Å². The van der Waals surface area contributed by atoms with Gasteiger partial charge in [0.25, 0.3) is 0 Å². The molecule has 2 heterocycles. The third-order valence-electron chi connectivity index (χ3n) is 4.11. The van der Waals surface area contributed by atoms with Crippen molar-refractivity contribution in [2.24, 2.45) is 7.05 Å². The van der Waals surface area contributed by atoms with E-state index in [1.165, 1.54) is 0 Å². The summed E-state index contributed by atoms with van der Waals surface area (Å²) in [4.78, 5) is 14.4. The molecule has 0 aromatic carbocycles. The van der Waals surface area contributed by atoms with Gasteiger partial charge in [-0.2, -0.15) is 0 Å². The summed E-state index contributed by atoms with van der Waals surface area (Å²) >= 11 is 0. The molecule has 1 aliphatic rings. The number of hydrogen-bond acceptors (Lipinski definition) is 5. The lowest BCUT2D eigenvalue weighted by Gasteiger charge is -2.39. The number of nitrogens with one attached hydrogen (secondary N) is 2. The van der Waals surface area contributed by atoms with Gasteiger partial charge in [-0.1, -0.05) is 0 Å². The minimum atomic E-state index is -0.193. The first-order valence-electron chi connectivity index (χ1n) is 8.14. The molecular weight excluding hydrogens is 296 g/mol. The van der Waals surface area contributed by atoms with E-state index in [-0.39, 0.29) is 30.3 Å². The van der Waals surface area contributed by atoms with Crippen molar-refractivity contribution in [2.45, 2.75) is 52.0 Å². The van der Waals surface area contributed by atoms with Crippen molar-refractivity contribution >= 4 is 6.03 Å². The SMILES string of the molecule is C[C@@H]1CN([C@H](C)CNC(=O)N[C@H](C)c2nncn2C)C[C@@H](C)O1. The fraction of sp³-hybridized carbons (Fsp3) is 0.800. The molecule has 0 saturated carbocycles. The summed E-state index contributed by atoms with van der Waals surface area (Å²) in [6, 6.07) is -0.123. The Morgan fingerprint density at radius 1 is 1.39 bits per heavy atom. The lowest BCUT2D eigenvalue weighted by atomic mass is 10.2. The molecule has 4 atom stereocenters. The van der Waals surface area contributed by atoms with E-state index in [1.807, 2.05) is 14.0 Å². The van der Waals surface area contributed by atoms with E-state index >= 15 is 0 Å². The number of ether oxygens (including phenoxy) is 1. The number of rotatable bonds is 5. The fourth-order valence-electron chi connectivity index (χ4n) is 2.94. The predicted octanol–water partition coefficient (Wildman–Crippen LogP) is 0.673. The Morgan fingerprint density at radius 2 is 2.04 bits per heavy atom. The second-order valence-corrected chi connectivity index (χ2v) is 6.44. The number of carbonyl (C=O) groups excluding carboxylic acids is 1. The van der Waals surface area contributed by atoms with E-state index < -0.39 is 0 Å². The number of carbonyl (C=O) groups is 1. The molecule has 0 radical (unpaired) electrons. The van der Waals surface area contributed by atoms with Crippen LogP contribution in [0.1, 0.15) is 39.6 Å². The first kappa shape index (κ1) is 17.7. The topological polar surface area (TPSA) is 84.3 Å². The molecule has 8 nitrogen and oxygen atoms in total. The summed E-state index contributed by atoms with van der Waals surface area (Å²) in [5.74, 6) is 0.726. The van der Waals surface area contributed by atoms with E-state index in [0.29, 0.717) is 6.54 Å². The highest BCUT2D eigenvalue weighted by atomic mass is 16.5. The molecule has 0 bridgehead atoms. The first-order chi connectivity index (χ1) is 10.9. The van der Waals surface area contributed by atoms with E-state index in [4.69, 9.17) is 4.74 Å². The Kier molecular flexibility index (Phi) is 5.95. The van der Waals surface area contributed by atoms with Crippen molar-refractivity contribution in [1.29, 1.82) is 0 Å². The first-order valence-corrected chi connectivity index (χ1v) is 8.14. The maximum absolute atomic E-state index is 12.1. The quantitative estimate of drug-likeness (QED) is 0.832. The summed E-state index contributed by atoms with van der Waals surface area (Å²) in [6.07, 6.45) is 2.07. The van der Waals surface area contributed by atoms with Crippen molar-refractivity contribution in [3.63, 3.8) is 0 Å². The summed E-state index contributed by atoms with van der Waals surface area (Å²) < 4.78 is 7.54. The standard InChI is InChI=1S/C15H28N6O2/c1-10(21-7-11(2)23-12(3)8-21)6-16-15(22)18-13(4)14-19-17-9-20(14)5/h9-13H,6-8H2,1-5H3,(H2,16,18,22)/t10-,11-,12-,13-/m1/s1. The van der Waals surface area contributed by atoms with Gasteiger partial charge in [-0.3, -0.25) is 4.90 Å². The number of aromatic nitrogens is 3. The van der Waals surface area contributed by atoms with Gasteiger partial charge >= 0.3 is 6.03 Å². The van der Waals surface area contributed by atoms with Crippen LogP contribution in [-0.4, -0.2) is 63.6 Å². The van der Waals surface area contributed by atoms with Crippen LogP contribution in [0.5, 0.6) is 0 Å². The highest BCUT2D eigenvalue weighted by molar-refractivity contribution is 5.74. The fourth-order valence-corrected chi connectivity index (χ4v) is 2.94. The molecule has 2 amide bonds. The van der Waals surface area contributed by atoms with E-state index in [2.05, 4.69) is 46.5 Å². The molecule has 1 fully saturated rings. The minimum absolute atomic E-state index is 0.193. The van der Waals surface area contributed by atoms with Crippen LogP contribution in [0.25, 0.3) is 0 Å². The van der Waals surface area contributed by atoms with Gasteiger partial charge in [0.15, 0.2) is 5.82 Å². The Bertz CT molecular complexity index is 510. The number of aryl methyl sites for hydroxylation is 1. The molecule has 1 aromatic heterocycles. The van der Waals surface area contributed by atoms with E-state index in [0.717, 1.165) is 18.9 Å². The molecule has 1 aromatic rings. The number of morpholine rings is 1. The Hall–Kier alpha value is -1.67. The Labute approximate surface area is 137 Å². The van der Waals surface area contributed by atoms with Crippen molar-refractivity contribution in [3.05, 3.63) is 12.2 Å². The third kappa shape index (κ3) is 4.90. The van der Waals surface area contributed by atoms with Crippen molar-refractivity contribution in [2.75, 3.05) is 19.6 Å². The number of nitrogens with zero attached hydrogens (tertiary/aromatic N) is 4. The molecule has 2 N–H and O–H groups in total. The average molecular weight is 324 g/mol. The summed E-state index contributed by atoms with van der Waals surface area (Å²) in [5.41, 5.74) is 0. The second kappa shape index (κ2) is 7.74. The number of hydrogen-bond donors (Lipinski definition) is 2. The van der Waals surface area contributed by atoms with Gasteiger partial charge in [0.2, 0.25) is 0 Å². The van der Waals surface area contributed by atoms with Crippen LogP contribution < -0.4 is 10.6 Å². The Balaban J connectivity index is 1.76. The molecule has 130 valence electrons. The second-order valence-electron chi connectivity index (χ2n) is 6.44. The van der Waals surface area contributed by atoms with Crippen molar-refractivity contribution < 1.29 is 9.53 Å². The number of amides is 2. The third-order valence-corrected chi connectivity index (χ3v) is 4.11. The number of urea groups is 1. The van der Waals surface area contributed by atoms with Crippen LogP contribution in [0.2, 0.25) is 0 Å². The van der Waals surface area contributed by atoms with E-state index in [9.17, 15) is 4.79 Å². The van der Waals surface area contributed by atoms with Gasteiger partial charge < -0.3 is 19.9 Å². The van der Waals surface area contributed by atoms with Gasteiger partial charge in [0, 0.05) is 32.7 Å². The zero-order chi connectivity index (χ0) is 17.0. The van der Waals surface area contributed by atoms with Gasteiger partial charge in [-0.05, 0) is 27.7 Å². The van der Waals surface area contributed by atoms with Gasteiger partial charge in [0.1, 0.15) is 6.33 Å². The van der Waals surface area contributed by atoms with Crippen LogP contribution in [0.15, 0.2) is 6.33 Å². The van der Waals surface area contributed by atoms with Crippen LogP contribution in [-0.2, 0) is 11.8 Å². The molecule has 0 spiro atoms. The maximum Gasteiger partial charge on any atom is 0.315 e. The zero-order valence-corrected chi connectivity index (χ0v) is 14.6. The van der Waals surface area contributed by atoms with E-state index in [1.54, 1.807) is 10.9 Å². The van der Waals surface area contributed by atoms with Gasteiger partial charge in [0.05, 0.1) is 18.2 Å². The van der Waals surface area contributed by atoms with Crippen LogP contribution in [0, 0.1) is 0 Å². The monoisotopic (exact) mass is 324 g/mol. The van der Waals surface area contributed by atoms with Crippen molar-refractivity contribution in [1.82, 2.24) is 30.3 Å². The summed E-state index contributed by atoms with van der Waals surface area (Å²) in [7, 11) is 1.86. The normalized spacial score (nSPS) is 24.9. The molecule has 0 unspecified atom stereocenters. The maximum atomic E-state index is 12.1. The lowest BCUT2D eigenvalue weighted by Crippen LogP contribution is -2.53. The largest absolute Gasteiger partial charge is 0.373 e. The molecule has 0 aliphatic carbocycles. The predicted molar refractivity (Wildman–Crippen MR) is 87.0 cm³/mol. The molecule has 23 heavy (non-hydrogen) atoms. The summed E-state index contributed by atoms with van der Waals surface area (Å²) in [6.45, 7) is 10.6. The molecular formula is C15H28N6O2. The summed E-state index contributed by atoms with van der Waals surface area (Å²) in [5, 5.41) is 13.6. The average Bonchev–Trinajstić information content (AvgIpc) is 2.90. The molecule has 1 aliphatic heterocycles. The molecule has 1 saturated heterocycles. The highest BCUT2D eigenvalue weighted by Crippen LogP contribution is 2.13. The molecule has 8 heteroatoms. The molecule has 2 rings (SSSR count). The van der Waals surface area contributed by atoms with Crippen LogP contribution >= 0.6 is 0 Å². The smallest absolute Gasteiger partial charge is 0.315 e. The Morgan fingerprint density at radius 3 is 2.61 bits per heavy atom. The highest BCUT2D eigenvalue weighted by Gasteiger charge is 2.26. The van der Waals surface area contributed by atoms with Crippen molar-refractivity contribution in [3.8, 4) is 0 Å². The lowest BCUT2D eigenvalue weighted by molar-refractivity contribution is -0.0778. The zero-order valence-electron chi connectivity index (χ0n) is 14.6. The minimum Gasteiger partial charge on any atom is -0.373 e.